The lowest BCUT2D eigenvalue weighted by atomic mass is 10.0. The first-order chi connectivity index (χ1) is 9.72. The molecule has 4 heteroatoms. The summed E-state index contributed by atoms with van der Waals surface area (Å²) in [4.78, 5) is 11.9. The van der Waals surface area contributed by atoms with Crippen molar-refractivity contribution in [3.05, 3.63) is 48.0 Å². The summed E-state index contributed by atoms with van der Waals surface area (Å²) in [5, 5.41) is 14.1. The fourth-order valence-corrected chi connectivity index (χ4v) is 2.15. The predicted octanol–water partition coefficient (Wildman–Crippen LogP) is 1.51. The third kappa shape index (κ3) is 3.79. The Bertz CT molecular complexity index is 583. The highest BCUT2D eigenvalue weighted by molar-refractivity contribution is 5.85. The van der Waals surface area contributed by atoms with Crippen LogP contribution in [0.2, 0.25) is 0 Å². The average Bonchev–Trinajstić information content (AvgIpc) is 2.46. The lowest BCUT2D eigenvalue weighted by molar-refractivity contribution is -0.121. The lowest BCUT2D eigenvalue weighted by Crippen LogP contribution is -2.41. The molecule has 0 radical (unpaired) electrons. The van der Waals surface area contributed by atoms with E-state index in [0.717, 1.165) is 16.3 Å². The molecule has 0 spiro atoms. The van der Waals surface area contributed by atoms with Gasteiger partial charge in [0.2, 0.25) is 5.91 Å². The smallest absolute Gasteiger partial charge is 0.224 e. The Morgan fingerprint density at radius 1 is 1.25 bits per heavy atom. The number of benzene rings is 2. The van der Waals surface area contributed by atoms with Gasteiger partial charge in [0.15, 0.2) is 0 Å². The number of amides is 1. The number of carbonyl (C=O) groups is 1. The van der Waals surface area contributed by atoms with Crippen molar-refractivity contribution in [1.82, 2.24) is 5.32 Å². The first kappa shape index (κ1) is 14.5. The maximum atomic E-state index is 11.9. The monoisotopic (exact) mass is 273 g/mol. The van der Waals surface area contributed by atoms with Gasteiger partial charge in [-0.25, -0.2) is 0 Å². The molecule has 2 aromatic rings. The van der Waals surface area contributed by atoms with Crippen LogP contribution in [0.3, 0.4) is 0 Å². The molecule has 106 valence electrons. The Balaban J connectivity index is 2.02. The zero-order valence-corrected chi connectivity index (χ0v) is 11.5. The first-order valence-corrected chi connectivity index (χ1v) is 6.59. The molecule has 0 fully saturated rings. The number of nitrogens with one attached hydrogen (secondary N) is 1. The number of methoxy groups -OCH3 is 1. The van der Waals surface area contributed by atoms with Crippen LogP contribution in [-0.4, -0.2) is 37.4 Å². The maximum absolute atomic E-state index is 11.9. The molecule has 20 heavy (non-hydrogen) atoms. The molecular weight excluding hydrogens is 254 g/mol. The summed E-state index contributed by atoms with van der Waals surface area (Å²) < 4.78 is 4.93. The van der Waals surface area contributed by atoms with Gasteiger partial charge in [0.25, 0.3) is 0 Å². The van der Waals surface area contributed by atoms with Crippen molar-refractivity contribution in [2.75, 3.05) is 20.3 Å². The molecule has 0 saturated heterocycles. The highest BCUT2D eigenvalue weighted by Crippen LogP contribution is 2.15. The molecule has 0 saturated carbocycles. The second-order valence-electron chi connectivity index (χ2n) is 4.76. The van der Waals surface area contributed by atoms with E-state index in [2.05, 4.69) is 5.32 Å². The Labute approximate surface area is 118 Å². The van der Waals surface area contributed by atoms with Crippen LogP contribution in [0.4, 0.5) is 0 Å². The van der Waals surface area contributed by atoms with Crippen molar-refractivity contribution in [2.45, 2.75) is 12.5 Å². The summed E-state index contributed by atoms with van der Waals surface area (Å²) in [5.41, 5.74) is 0.954. The molecule has 2 rings (SSSR count). The molecule has 2 aromatic carbocycles. The normalized spacial score (nSPS) is 12.3. The zero-order valence-electron chi connectivity index (χ0n) is 11.5. The summed E-state index contributed by atoms with van der Waals surface area (Å²) in [5.74, 6) is -0.114. The van der Waals surface area contributed by atoms with E-state index < -0.39 is 0 Å². The largest absolute Gasteiger partial charge is 0.394 e. The quantitative estimate of drug-likeness (QED) is 0.838. The van der Waals surface area contributed by atoms with Gasteiger partial charge in [-0.1, -0.05) is 42.5 Å². The van der Waals surface area contributed by atoms with Crippen molar-refractivity contribution in [1.29, 1.82) is 0 Å². The Morgan fingerprint density at radius 2 is 2.00 bits per heavy atom. The van der Waals surface area contributed by atoms with E-state index in [1.165, 1.54) is 7.11 Å². The Morgan fingerprint density at radius 3 is 2.70 bits per heavy atom. The molecule has 0 heterocycles. The Kier molecular flexibility index (Phi) is 5.09. The number of hydrogen-bond donors (Lipinski definition) is 2. The van der Waals surface area contributed by atoms with Crippen molar-refractivity contribution in [3.63, 3.8) is 0 Å². The molecule has 0 aliphatic rings. The third-order valence-electron chi connectivity index (χ3n) is 3.13. The molecular formula is C16H19NO3. The number of ether oxygens (including phenoxy) is 1. The van der Waals surface area contributed by atoms with Crippen molar-refractivity contribution < 1.29 is 14.6 Å². The Hall–Kier alpha value is -1.91. The van der Waals surface area contributed by atoms with Gasteiger partial charge >= 0.3 is 0 Å². The molecule has 1 amide bonds. The minimum Gasteiger partial charge on any atom is -0.394 e. The van der Waals surface area contributed by atoms with E-state index in [9.17, 15) is 4.79 Å². The van der Waals surface area contributed by atoms with Gasteiger partial charge in [-0.3, -0.25) is 4.79 Å². The first-order valence-electron chi connectivity index (χ1n) is 6.59. The standard InChI is InChI=1S/C16H19NO3/c1-20-11-15(10-18)17-16(19)9-12-6-7-13-4-2-3-5-14(13)8-12/h2-8,15,18H,9-11H2,1H3,(H,17,19). The lowest BCUT2D eigenvalue weighted by Gasteiger charge is -2.15. The molecule has 4 nitrogen and oxygen atoms in total. The minimum atomic E-state index is -0.354. The van der Waals surface area contributed by atoms with Gasteiger partial charge < -0.3 is 15.2 Å². The molecule has 1 atom stereocenters. The van der Waals surface area contributed by atoms with Gasteiger partial charge in [-0.15, -0.1) is 0 Å². The number of rotatable bonds is 6. The zero-order chi connectivity index (χ0) is 14.4. The predicted molar refractivity (Wildman–Crippen MR) is 78.5 cm³/mol. The molecule has 0 bridgehead atoms. The van der Waals surface area contributed by atoms with E-state index in [1.807, 2.05) is 42.5 Å². The van der Waals surface area contributed by atoms with E-state index in [1.54, 1.807) is 0 Å². The van der Waals surface area contributed by atoms with Gasteiger partial charge in [-0.05, 0) is 16.3 Å². The second kappa shape index (κ2) is 7.03. The van der Waals surface area contributed by atoms with Crippen LogP contribution in [0.1, 0.15) is 5.56 Å². The maximum Gasteiger partial charge on any atom is 0.224 e. The topological polar surface area (TPSA) is 58.6 Å². The summed E-state index contributed by atoms with van der Waals surface area (Å²) in [6.45, 7) is 0.178. The van der Waals surface area contributed by atoms with Crippen LogP contribution >= 0.6 is 0 Å². The molecule has 0 aliphatic carbocycles. The number of aliphatic hydroxyl groups excluding tert-OH is 1. The molecule has 2 N–H and O–H groups in total. The van der Waals surface area contributed by atoms with E-state index >= 15 is 0 Å². The fraction of sp³-hybridized carbons (Fsp3) is 0.312. The minimum absolute atomic E-state index is 0.114. The van der Waals surface area contributed by atoms with Crippen molar-refractivity contribution >= 4 is 16.7 Å². The van der Waals surface area contributed by atoms with Crippen LogP contribution < -0.4 is 5.32 Å². The molecule has 0 aliphatic heterocycles. The summed E-state index contributed by atoms with van der Waals surface area (Å²) in [7, 11) is 1.54. The summed E-state index contributed by atoms with van der Waals surface area (Å²) in [6, 6.07) is 13.7. The van der Waals surface area contributed by atoms with Gasteiger partial charge in [0.1, 0.15) is 0 Å². The van der Waals surface area contributed by atoms with Gasteiger partial charge in [-0.2, -0.15) is 0 Å². The van der Waals surface area contributed by atoms with Crippen LogP contribution in [-0.2, 0) is 16.0 Å². The number of carbonyl (C=O) groups excluding carboxylic acids is 1. The second-order valence-corrected chi connectivity index (χ2v) is 4.76. The number of fused-ring (bicyclic) bond motifs is 1. The SMILES string of the molecule is COCC(CO)NC(=O)Cc1ccc2ccccc2c1. The fourth-order valence-electron chi connectivity index (χ4n) is 2.15. The van der Waals surface area contributed by atoms with E-state index in [4.69, 9.17) is 9.84 Å². The van der Waals surface area contributed by atoms with E-state index in [0.29, 0.717) is 13.0 Å². The van der Waals surface area contributed by atoms with Gasteiger partial charge in [0.05, 0.1) is 25.7 Å². The van der Waals surface area contributed by atoms with Crippen LogP contribution in [0, 0.1) is 0 Å². The number of aliphatic hydroxyl groups is 1. The average molecular weight is 273 g/mol. The summed E-state index contributed by atoms with van der Waals surface area (Å²) >= 11 is 0. The van der Waals surface area contributed by atoms with Crippen LogP contribution in [0.5, 0.6) is 0 Å². The molecule has 1 unspecified atom stereocenters. The van der Waals surface area contributed by atoms with Crippen LogP contribution in [0.25, 0.3) is 10.8 Å². The van der Waals surface area contributed by atoms with Crippen LogP contribution in [0.15, 0.2) is 42.5 Å². The van der Waals surface area contributed by atoms with Gasteiger partial charge in [0, 0.05) is 7.11 Å². The third-order valence-corrected chi connectivity index (χ3v) is 3.13. The number of hydrogen-bond acceptors (Lipinski definition) is 3. The summed E-state index contributed by atoms with van der Waals surface area (Å²) in [6.07, 6.45) is 0.297. The highest BCUT2D eigenvalue weighted by atomic mass is 16.5. The highest BCUT2D eigenvalue weighted by Gasteiger charge is 2.11. The van der Waals surface area contributed by atoms with Crippen molar-refractivity contribution in [2.24, 2.45) is 0 Å². The molecule has 0 aromatic heterocycles. The van der Waals surface area contributed by atoms with Crippen molar-refractivity contribution in [3.8, 4) is 0 Å². The van der Waals surface area contributed by atoms with E-state index in [-0.39, 0.29) is 18.6 Å².